The third kappa shape index (κ3) is 27.0. The fraction of sp³-hybridized carbons (Fsp3) is 0. The van der Waals surface area contributed by atoms with Gasteiger partial charge in [-0.15, -0.1) is 29.4 Å². The van der Waals surface area contributed by atoms with Crippen LogP contribution in [0.25, 0.3) is 0 Å². The van der Waals surface area contributed by atoms with Crippen LogP contribution in [0.3, 0.4) is 0 Å². The molecule has 0 aromatic carbocycles. The van der Waals surface area contributed by atoms with E-state index >= 15 is 0 Å². The van der Waals surface area contributed by atoms with Crippen LogP contribution < -0.4 is 0 Å². The molecule has 0 saturated carbocycles. The molecule has 0 bridgehead atoms. The van der Waals surface area contributed by atoms with E-state index in [9.17, 15) is 0 Å². The van der Waals surface area contributed by atoms with Crippen LogP contribution in [-0.2, 0) is 0 Å². The predicted molar refractivity (Wildman–Crippen MR) is 55.3 cm³/mol. The molecule has 0 unspecified atom stereocenters. The van der Waals surface area contributed by atoms with Gasteiger partial charge in [0.2, 0.25) is 0 Å². The maximum atomic E-state index is 0. The molecule has 0 saturated heterocycles. The molecule has 0 N–H and O–H groups in total. The molecule has 0 aliphatic rings. The first-order valence-electron chi connectivity index (χ1n) is 0. The van der Waals surface area contributed by atoms with Gasteiger partial charge in [0.1, 0.15) is 0 Å². The number of rotatable bonds is 0. The van der Waals surface area contributed by atoms with Crippen molar-refractivity contribution in [3.8, 4) is 0 Å². The van der Waals surface area contributed by atoms with E-state index in [2.05, 4.69) is 0 Å². The summed E-state index contributed by atoms with van der Waals surface area (Å²) >= 11 is 0. The van der Waals surface area contributed by atoms with Crippen LogP contribution in [0.2, 0.25) is 0 Å². The van der Waals surface area contributed by atoms with Crippen LogP contribution >= 0.6 is 29.4 Å². The molecule has 0 aromatic heterocycles. The molecule has 0 heterocycles. The van der Waals surface area contributed by atoms with E-state index in [0.717, 1.165) is 0 Å². The van der Waals surface area contributed by atoms with Gasteiger partial charge in [-0.1, -0.05) is 0 Å². The van der Waals surface area contributed by atoms with Crippen molar-refractivity contribution < 1.29 is 1.43 Å². The Balaban J connectivity index is 0. The summed E-state index contributed by atoms with van der Waals surface area (Å²) in [4.78, 5) is 0. The largest absolute Gasteiger partial charge is 0.316 e. The standard InChI is InChI=1S/2Al.BrH.ClH.Li.Mg.H2.9H/h;;2*1H;;;1H;;;;;;;;;. The third-order valence-electron chi connectivity index (χ3n) is 0. The van der Waals surface area contributed by atoms with Crippen molar-refractivity contribution in [2.24, 2.45) is 0 Å². The minimum absolute atomic E-state index is 0. The molecule has 0 atom stereocenters. The van der Waals surface area contributed by atoms with Crippen molar-refractivity contribution >= 4 is 106 Å². The molecule has 0 nitrogen and oxygen atoms in total. The number of hydrogen-bond donors (Lipinski definition) is 0. The van der Waals surface area contributed by atoms with Crippen molar-refractivity contribution in [1.29, 1.82) is 0 Å². The first kappa shape index (κ1) is 60.4. The van der Waals surface area contributed by atoms with Gasteiger partial charge in [0.15, 0.2) is 34.7 Å². The van der Waals surface area contributed by atoms with Crippen molar-refractivity contribution in [2.45, 2.75) is 0 Å². The van der Waals surface area contributed by atoms with Gasteiger partial charge < -0.3 is 0 Å². The maximum absolute atomic E-state index is 0. The normalized spacial score (nSPS) is 0. The second-order valence-electron chi connectivity index (χ2n) is 0. The zero-order valence-corrected chi connectivity index (χ0v) is 3.35. The van der Waals surface area contributed by atoms with Crippen LogP contribution in [0.4, 0.5) is 0 Å². The van der Waals surface area contributed by atoms with Crippen LogP contribution in [0.15, 0.2) is 0 Å². The minimum atomic E-state index is 0. The fourth-order valence-corrected chi connectivity index (χ4v) is 0. The van der Waals surface area contributed by atoms with Crippen molar-refractivity contribution in [2.75, 3.05) is 0 Å². The Hall–Kier alpha value is 3.20. The van der Waals surface area contributed by atoms with Crippen LogP contribution in [0.5, 0.6) is 0 Å². The molecule has 0 rings (SSSR count). The Bertz CT molecular complexity index is 17.7. The summed E-state index contributed by atoms with van der Waals surface area (Å²) in [6, 6.07) is 0. The zero-order valence-electron chi connectivity index (χ0n) is 0.816. The van der Waals surface area contributed by atoms with E-state index in [-0.39, 0.29) is 107 Å². The summed E-state index contributed by atoms with van der Waals surface area (Å²) < 4.78 is 0. The summed E-state index contributed by atoms with van der Waals surface area (Å²) in [6.07, 6.45) is 0. The fourth-order valence-electron chi connectivity index (χ4n) is 0. The van der Waals surface area contributed by atoms with E-state index in [4.69, 9.17) is 0 Å². The second kappa shape index (κ2) is 41.5. The Morgan fingerprint density at radius 3 is 1.00 bits per heavy atom. The zero-order chi connectivity index (χ0) is 0. The number of hydrogen-bond acceptors (Lipinski definition) is 0. The summed E-state index contributed by atoms with van der Waals surface area (Å²) in [7, 11) is 0. The summed E-state index contributed by atoms with van der Waals surface area (Å²) in [5.74, 6) is 0. The molecule has 36 valence electrons. The molecule has 0 aromatic rings. The number of halogens is 2. The molecule has 6 heavy (non-hydrogen) atoms. The Labute approximate surface area is 106 Å². The van der Waals surface area contributed by atoms with E-state index in [1.165, 1.54) is 0 Å². The van der Waals surface area contributed by atoms with Gasteiger partial charge in [-0.3, -0.25) is 0 Å². The molecule has 0 fully saturated rings. The smallest absolute Gasteiger partial charge is 0.316 e. The topological polar surface area (TPSA) is 0 Å². The van der Waals surface area contributed by atoms with E-state index in [0.29, 0.717) is 0 Å². The second-order valence-corrected chi connectivity index (χ2v) is 0. The van der Waals surface area contributed by atoms with Gasteiger partial charge in [0.25, 0.3) is 0 Å². The molecule has 0 spiro atoms. The van der Waals surface area contributed by atoms with E-state index < -0.39 is 0 Å². The average Bonchev–Trinajstić information content (AvgIpc) is 0. The van der Waals surface area contributed by atoms with Gasteiger partial charge in [0, 0.05) is 1.43 Å². The van der Waals surface area contributed by atoms with Gasteiger partial charge in [-0.2, -0.15) is 0 Å². The SMILES string of the molecule is Br.Cl.[AlH3].[AlH3].[HH].[LiH].[MgH2]. The molecular weight excluding hydrogens is 201 g/mol. The van der Waals surface area contributed by atoms with Crippen molar-refractivity contribution in [3.05, 3.63) is 0 Å². The minimum Gasteiger partial charge on any atom is 0.316 e. The Kier molecular flexibility index (Phi) is 418. The quantitative estimate of drug-likeness (QED) is 0.385. The monoisotopic (exact) mass is 212 g/mol. The third-order valence-corrected chi connectivity index (χ3v) is 0. The van der Waals surface area contributed by atoms with E-state index in [1.807, 2.05) is 0 Å². The Morgan fingerprint density at radius 2 is 1.00 bits per heavy atom. The molecule has 0 aliphatic heterocycles. The molecule has 6 heteroatoms. The molecule has 0 aliphatic carbocycles. The Morgan fingerprint density at radius 1 is 1.00 bits per heavy atom. The van der Waals surface area contributed by atoms with Crippen molar-refractivity contribution in [1.82, 2.24) is 0 Å². The van der Waals surface area contributed by atoms with E-state index in [1.54, 1.807) is 0 Å². The van der Waals surface area contributed by atoms with Crippen LogP contribution in [0, 0.1) is 0 Å². The van der Waals surface area contributed by atoms with Gasteiger partial charge >= 0.3 is 41.9 Å². The molecular formula is H13Al2BrClLiMg. The summed E-state index contributed by atoms with van der Waals surface area (Å²) in [6.45, 7) is 0. The van der Waals surface area contributed by atoms with Gasteiger partial charge in [-0.05, 0) is 0 Å². The average molecular weight is 214 g/mol. The first-order chi connectivity index (χ1) is 0. The van der Waals surface area contributed by atoms with Crippen molar-refractivity contribution in [3.63, 3.8) is 0 Å². The van der Waals surface area contributed by atoms with Gasteiger partial charge in [-0.25, -0.2) is 0 Å². The molecule has 0 amide bonds. The van der Waals surface area contributed by atoms with Gasteiger partial charge in [0.05, 0.1) is 0 Å². The van der Waals surface area contributed by atoms with Crippen LogP contribution in [-0.4, -0.2) is 76.6 Å². The first-order valence-corrected chi connectivity index (χ1v) is 0. The summed E-state index contributed by atoms with van der Waals surface area (Å²) in [5.41, 5.74) is 0. The predicted octanol–water partition coefficient (Wildman–Crippen LogP) is -2.69. The maximum Gasteiger partial charge on any atom is 0.316 e. The molecule has 0 radical (unpaired) electrons. The van der Waals surface area contributed by atoms with Crippen LogP contribution in [0.1, 0.15) is 1.43 Å². The summed E-state index contributed by atoms with van der Waals surface area (Å²) in [5, 5.41) is 0.